The normalized spacial score (nSPS) is 11.1. The number of anilines is 2. The van der Waals surface area contributed by atoms with E-state index in [2.05, 4.69) is 25.6 Å². The molecular weight excluding hydrogens is 413 g/mol. The van der Waals surface area contributed by atoms with Crippen LogP contribution in [0.5, 0.6) is 0 Å². The van der Waals surface area contributed by atoms with Crippen LogP contribution in [0.3, 0.4) is 0 Å². The summed E-state index contributed by atoms with van der Waals surface area (Å²) in [4.78, 5) is 15.5. The summed E-state index contributed by atoms with van der Waals surface area (Å²) in [7, 11) is 0. The molecule has 10 nitrogen and oxygen atoms in total. The summed E-state index contributed by atoms with van der Waals surface area (Å²) in [6.45, 7) is 1.38. The second-order valence-electron chi connectivity index (χ2n) is 6.98. The summed E-state index contributed by atoms with van der Waals surface area (Å²) in [5.41, 5.74) is 9.24. The predicted octanol–water partition coefficient (Wildman–Crippen LogP) is 2.72. The van der Waals surface area contributed by atoms with E-state index in [9.17, 15) is 9.18 Å². The molecule has 1 aromatic carbocycles. The quantitative estimate of drug-likeness (QED) is 0.449. The van der Waals surface area contributed by atoms with Crippen LogP contribution in [0.15, 0.2) is 60.9 Å². The van der Waals surface area contributed by atoms with Crippen LogP contribution in [0, 0.1) is 5.82 Å². The minimum atomic E-state index is -0.340. The first-order valence-electron chi connectivity index (χ1n) is 9.56. The summed E-state index contributed by atoms with van der Waals surface area (Å²) < 4.78 is 16.5. The number of nitrogens with zero attached hydrogens (tertiary/aromatic N) is 7. The van der Waals surface area contributed by atoms with E-state index >= 15 is 0 Å². The van der Waals surface area contributed by atoms with Crippen molar-refractivity contribution in [1.29, 1.82) is 0 Å². The molecule has 0 saturated carbocycles. The smallest absolute Gasteiger partial charge is 0.252 e. The van der Waals surface area contributed by atoms with Crippen molar-refractivity contribution in [2.75, 3.05) is 11.1 Å². The van der Waals surface area contributed by atoms with Crippen molar-refractivity contribution < 1.29 is 9.18 Å². The maximum absolute atomic E-state index is 13.5. The molecule has 4 heterocycles. The topological polar surface area (TPSA) is 129 Å². The number of nitrogen functional groups attached to an aromatic ring is 1. The van der Waals surface area contributed by atoms with E-state index in [0.29, 0.717) is 23.0 Å². The van der Waals surface area contributed by atoms with Crippen LogP contribution >= 0.6 is 0 Å². The Kier molecular flexibility index (Phi) is 4.55. The Hall–Kier alpha value is -4.67. The van der Waals surface area contributed by atoms with Crippen molar-refractivity contribution in [3.05, 3.63) is 66.7 Å². The molecule has 1 amide bonds. The Balaban J connectivity index is 1.67. The fourth-order valence-corrected chi connectivity index (χ4v) is 3.28. The largest absolute Gasteiger partial charge is 0.384 e. The lowest BCUT2D eigenvalue weighted by atomic mass is 10.0. The number of benzene rings is 1. The highest BCUT2D eigenvalue weighted by Gasteiger charge is 2.17. The molecule has 0 aliphatic heterocycles. The first-order valence-corrected chi connectivity index (χ1v) is 9.56. The third kappa shape index (κ3) is 3.51. The Morgan fingerprint density at radius 3 is 2.59 bits per heavy atom. The number of pyridine rings is 1. The molecule has 0 spiro atoms. The number of hydrogen-bond donors (Lipinski definition) is 2. The number of amides is 1. The molecule has 0 radical (unpaired) electrons. The van der Waals surface area contributed by atoms with E-state index in [1.54, 1.807) is 47.4 Å². The van der Waals surface area contributed by atoms with Crippen LogP contribution < -0.4 is 11.1 Å². The van der Waals surface area contributed by atoms with Crippen LogP contribution in [0.1, 0.15) is 6.92 Å². The van der Waals surface area contributed by atoms with Crippen LogP contribution in [-0.2, 0) is 4.79 Å². The summed E-state index contributed by atoms with van der Waals surface area (Å²) in [5.74, 6) is 0.391. The van der Waals surface area contributed by atoms with Crippen LogP contribution in [-0.4, -0.2) is 40.5 Å². The highest BCUT2D eigenvalue weighted by atomic mass is 19.1. The zero-order valence-electron chi connectivity index (χ0n) is 16.8. The lowest BCUT2D eigenvalue weighted by molar-refractivity contribution is -0.114. The van der Waals surface area contributed by atoms with Gasteiger partial charge < -0.3 is 5.73 Å². The highest BCUT2D eigenvalue weighted by molar-refractivity contribution is 5.87. The van der Waals surface area contributed by atoms with Gasteiger partial charge in [-0.25, -0.2) is 14.1 Å². The minimum Gasteiger partial charge on any atom is -0.384 e. The predicted molar refractivity (Wildman–Crippen MR) is 115 cm³/mol. The molecule has 0 unspecified atom stereocenters. The van der Waals surface area contributed by atoms with Crippen molar-refractivity contribution >= 4 is 23.3 Å². The first-order chi connectivity index (χ1) is 15.5. The molecule has 0 saturated heterocycles. The molecule has 0 fully saturated rings. The standard InChI is InChI=1S/C21H16FN9O/c1-12(32)25-21-27-26-18-6-7-19(28-31(18)21)30-11-16(14-8-9-24-17(23)10-14)20(29-30)13-2-4-15(22)5-3-13/h2-11H,1H3,(H2,23,24)(H,25,27,32). The van der Waals surface area contributed by atoms with Gasteiger partial charge in [0.1, 0.15) is 17.3 Å². The number of halogens is 1. The van der Waals surface area contributed by atoms with Gasteiger partial charge in [0.2, 0.25) is 5.91 Å². The van der Waals surface area contributed by atoms with Crippen molar-refractivity contribution in [1.82, 2.24) is 34.6 Å². The van der Waals surface area contributed by atoms with Gasteiger partial charge in [0, 0.05) is 30.4 Å². The van der Waals surface area contributed by atoms with Crippen LogP contribution in [0.4, 0.5) is 16.2 Å². The molecule has 32 heavy (non-hydrogen) atoms. The average molecular weight is 429 g/mol. The number of carbonyl (C=O) groups excluding carboxylic acids is 1. The Morgan fingerprint density at radius 2 is 1.84 bits per heavy atom. The molecule has 0 aliphatic rings. The molecular formula is C21H16FN9O. The summed E-state index contributed by atoms with van der Waals surface area (Å²) in [5, 5.41) is 19.7. The molecule has 11 heteroatoms. The Labute approximate surface area is 180 Å². The van der Waals surface area contributed by atoms with E-state index in [0.717, 1.165) is 16.7 Å². The fourth-order valence-electron chi connectivity index (χ4n) is 3.28. The number of rotatable bonds is 4. The van der Waals surface area contributed by atoms with Gasteiger partial charge in [-0.3, -0.25) is 10.1 Å². The van der Waals surface area contributed by atoms with E-state index in [1.807, 2.05) is 6.07 Å². The number of carbonyl (C=O) groups is 1. The minimum absolute atomic E-state index is 0.197. The van der Waals surface area contributed by atoms with Crippen molar-refractivity contribution in [2.24, 2.45) is 0 Å². The maximum Gasteiger partial charge on any atom is 0.252 e. The average Bonchev–Trinajstić information content (AvgIpc) is 3.38. The van der Waals surface area contributed by atoms with E-state index in [1.165, 1.54) is 23.6 Å². The lowest BCUT2D eigenvalue weighted by Gasteiger charge is -2.03. The zero-order chi connectivity index (χ0) is 22.2. The molecule has 158 valence electrons. The van der Waals surface area contributed by atoms with E-state index in [-0.39, 0.29) is 17.7 Å². The van der Waals surface area contributed by atoms with Crippen molar-refractivity contribution in [2.45, 2.75) is 6.92 Å². The van der Waals surface area contributed by atoms with Crippen molar-refractivity contribution in [3.8, 4) is 28.2 Å². The number of fused-ring (bicyclic) bond motifs is 1. The second-order valence-corrected chi connectivity index (χ2v) is 6.98. The lowest BCUT2D eigenvalue weighted by Crippen LogP contribution is -2.11. The van der Waals surface area contributed by atoms with Gasteiger partial charge in [0.05, 0.1) is 0 Å². The third-order valence-corrected chi connectivity index (χ3v) is 4.70. The molecule has 0 atom stereocenters. The fraction of sp³-hybridized carbons (Fsp3) is 0.0476. The zero-order valence-corrected chi connectivity index (χ0v) is 16.8. The molecule has 0 bridgehead atoms. The number of nitrogens with two attached hydrogens (primary N) is 1. The third-order valence-electron chi connectivity index (χ3n) is 4.70. The van der Waals surface area contributed by atoms with Gasteiger partial charge in [-0.15, -0.1) is 15.3 Å². The molecule has 0 aliphatic carbocycles. The molecule has 5 rings (SSSR count). The highest BCUT2D eigenvalue weighted by Crippen LogP contribution is 2.32. The van der Waals surface area contributed by atoms with Gasteiger partial charge in [0.15, 0.2) is 11.5 Å². The van der Waals surface area contributed by atoms with Crippen LogP contribution in [0.2, 0.25) is 0 Å². The van der Waals surface area contributed by atoms with Gasteiger partial charge >= 0.3 is 0 Å². The summed E-state index contributed by atoms with van der Waals surface area (Å²) in [6, 6.07) is 13.1. The van der Waals surface area contributed by atoms with Gasteiger partial charge in [0.25, 0.3) is 5.95 Å². The van der Waals surface area contributed by atoms with Gasteiger partial charge in [-0.05, 0) is 54.1 Å². The summed E-state index contributed by atoms with van der Waals surface area (Å²) in [6.07, 6.45) is 3.40. The monoisotopic (exact) mass is 429 g/mol. The summed E-state index contributed by atoms with van der Waals surface area (Å²) >= 11 is 0. The van der Waals surface area contributed by atoms with Gasteiger partial charge in [-0.1, -0.05) is 0 Å². The Bertz CT molecular complexity index is 1460. The second kappa shape index (κ2) is 7.54. The number of nitrogens with one attached hydrogen (secondary N) is 1. The van der Waals surface area contributed by atoms with E-state index in [4.69, 9.17) is 10.8 Å². The number of hydrogen-bond acceptors (Lipinski definition) is 7. The van der Waals surface area contributed by atoms with Gasteiger partial charge in [-0.2, -0.15) is 9.61 Å². The molecule has 3 N–H and O–H groups in total. The Morgan fingerprint density at radius 1 is 1.03 bits per heavy atom. The number of aromatic nitrogens is 7. The first kappa shape index (κ1) is 19.3. The molecule has 4 aromatic heterocycles. The maximum atomic E-state index is 13.5. The van der Waals surface area contributed by atoms with Crippen LogP contribution in [0.25, 0.3) is 33.8 Å². The SMILES string of the molecule is CC(=O)Nc1nnc2ccc(-n3cc(-c4ccnc(N)c4)c(-c4ccc(F)cc4)n3)nn12. The van der Waals surface area contributed by atoms with Crippen molar-refractivity contribution in [3.63, 3.8) is 0 Å². The molecule has 5 aromatic rings. The van der Waals surface area contributed by atoms with E-state index < -0.39 is 0 Å².